The number of thiophene rings is 1. The molecule has 3 aromatic rings. The zero-order chi connectivity index (χ0) is 20.3. The summed E-state index contributed by atoms with van der Waals surface area (Å²) in [5.74, 6) is -1.35. The monoisotopic (exact) mass is 417 g/mol. The predicted molar refractivity (Wildman–Crippen MR) is 90.9 cm³/mol. The molecule has 0 bridgehead atoms. The van der Waals surface area contributed by atoms with Gasteiger partial charge >= 0.3 is 6.18 Å². The zero-order valence-corrected chi connectivity index (χ0v) is 15.0. The highest BCUT2D eigenvalue weighted by Crippen LogP contribution is 2.38. The summed E-state index contributed by atoms with van der Waals surface area (Å²) in [6, 6.07) is 6.64. The number of alkyl halides is 3. The van der Waals surface area contributed by atoms with Crippen LogP contribution in [0.2, 0.25) is 0 Å². The zero-order valence-electron chi connectivity index (χ0n) is 14.2. The first kappa shape index (κ1) is 19.9. The van der Waals surface area contributed by atoms with Crippen LogP contribution in [0.3, 0.4) is 0 Å². The van der Waals surface area contributed by atoms with E-state index in [-0.39, 0.29) is 35.4 Å². The molecule has 28 heavy (non-hydrogen) atoms. The van der Waals surface area contributed by atoms with Crippen molar-refractivity contribution in [2.24, 2.45) is 0 Å². The van der Waals surface area contributed by atoms with Crippen LogP contribution in [0.15, 0.2) is 41.8 Å². The summed E-state index contributed by atoms with van der Waals surface area (Å²) in [5.41, 5.74) is 0.0983. The molecule has 0 aliphatic heterocycles. The van der Waals surface area contributed by atoms with Gasteiger partial charge in [-0.1, -0.05) is 0 Å². The Balaban J connectivity index is 1.77. The quantitative estimate of drug-likeness (QED) is 0.474. The van der Waals surface area contributed by atoms with E-state index in [0.29, 0.717) is 11.3 Å². The first-order valence-electron chi connectivity index (χ1n) is 7.71. The minimum absolute atomic E-state index is 0.00986. The highest BCUT2D eigenvalue weighted by atomic mass is 32.1. The number of hydrogen-bond acceptors (Lipinski definition) is 5. The van der Waals surface area contributed by atoms with Crippen molar-refractivity contribution < 1.29 is 36.2 Å². The second-order valence-corrected chi connectivity index (χ2v) is 6.37. The van der Waals surface area contributed by atoms with Crippen LogP contribution in [-0.4, -0.2) is 12.1 Å². The molecule has 0 radical (unpaired) electrons. The second-order valence-electron chi connectivity index (χ2n) is 5.45. The van der Waals surface area contributed by atoms with Crippen molar-refractivity contribution >= 4 is 11.3 Å². The van der Waals surface area contributed by atoms with Crippen LogP contribution in [0.5, 0.6) is 23.3 Å². The fourth-order valence-electron chi connectivity index (χ4n) is 2.13. The van der Waals surface area contributed by atoms with Crippen LogP contribution >= 0.6 is 11.3 Å². The van der Waals surface area contributed by atoms with E-state index >= 15 is 0 Å². The standard InChI is InChI=1S/C18H12F5NO3S/c1-25-12-6-16(26-8-10-2-3-11(19)4-14(10)20)24-17(7-12)27-13-5-15(28-9-13)18(21,22)23/h2-7,9H,8H2,1H3. The molecule has 0 saturated carbocycles. The maximum atomic E-state index is 13.7. The van der Waals surface area contributed by atoms with Gasteiger partial charge in [-0.25, -0.2) is 8.78 Å². The van der Waals surface area contributed by atoms with Gasteiger partial charge in [-0.3, -0.25) is 0 Å². The summed E-state index contributed by atoms with van der Waals surface area (Å²) in [5, 5.41) is 1.19. The Hall–Kier alpha value is -2.88. The third-order valence-electron chi connectivity index (χ3n) is 3.46. The topological polar surface area (TPSA) is 40.6 Å². The number of methoxy groups -OCH3 is 1. The molecule has 0 atom stereocenters. The highest BCUT2D eigenvalue weighted by Gasteiger charge is 2.32. The van der Waals surface area contributed by atoms with Gasteiger partial charge in [0.25, 0.3) is 0 Å². The SMILES string of the molecule is COc1cc(OCc2ccc(F)cc2F)nc(Oc2csc(C(F)(F)F)c2)c1. The van der Waals surface area contributed by atoms with Crippen molar-refractivity contribution in [1.82, 2.24) is 4.98 Å². The van der Waals surface area contributed by atoms with Gasteiger partial charge < -0.3 is 14.2 Å². The summed E-state index contributed by atoms with van der Waals surface area (Å²) in [7, 11) is 1.37. The van der Waals surface area contributed by atoms with Gasteiger partial charge in [0.15, 0.2) is 0 Å². The largest absolute Gasteiger partial charge is 0.496 e. The lowest BCUT2D eigenvalue weighted by Gasteiger charge is -2.10. The van der Waals surface area contributed by atoms with Crippen molar-refractivity contribution in [2.75, 3.05) is 7.11 Å². The first-order chi connectivity index (χ1) is 13.2. The Bertz CT molecular complexity index is 974. The lowest BCUT2D eigenvalue weighted by Crippen LogP contribution is -2.02. The Morgan fingerprint density at radius 2 is 1.75 bits per heavy atom. The Morgan fingerprint density at radius 1 is 1.00 bits per heavy atom. The number of benzene rings is 1. The van der Waals surface area contributed by atoms with E-state index in [1.54, 1.807) is 0 Å². The third kappa shape index (κ3) is 4.89. The summed E-state index contributed by atoms with van der Waals surface area (Å²) >= 11 is 0.488. The molecule has 10 heteroatoms. The Kier molecular flexibility index (Phi) is 5.68. The molecule has 0 aliphatic carbocycles. The minimum atomic E-state index is -4.47. The van der Waals surface area contributed by atoms with Crippen molar-refractivity contribution in [3.63, 3.8) is 0 Å². The number of aromatic nitrogens is 1. The van der Waals surface area contributed by atoms with Crippen molar-refractivity contribution in [2.45, 2.75) is 12.8 Å². The first-order valence-corrected chi connectivity index (χ1v) is 8.59. The second kappa shape index (κ2) is 8.01. The minimum Gasteiger partial charge on any atom is -0.496 e. The average Bonchev–Trinajstić information content (AvgIpc) is 3.09. The molecule has 0 spiro atoms. The number of pyridine rings is 1. The lowest BCUT2D eigenvalue weighted by molar-refractivity contribution is -0.134. The van der Waals surface area contributed by atoms with Crippen molar-refractivity contribution in [3.05, 3.63) is 63.9 Å². The fraction of sp³-hybridized carbons (Fsp3) is 0.167. The van der Waals surface area contributed by atoms with Gasteiger partial charge in [0.1, 0.15) is 34.6 Å². The molecule has 148 valence electrons. The molecule has 0 amide bonds. The van der Waals surface area contributed by atoms with Crippen LogP contribution in [0.1, 0.15) is 10.4 Å². The highest BCUT2D eigenvalue weighted by molar-refractivity contribution is 7.10. The number of hydrogen-bond donors (Lipinski definition) is 0. The molecule has 2 aromatic heterocycles. The summed E-state index contributed by atoms with van der Waals surface area (Å²) < 4.78 is 80.5. The van der Waals surface area contributed by atoms with Crippen LogP contribution in [0, 0.1) is 11.6 Å². The van der Waals surface area contributed by atoms with E-state index in [0.717, 1.165) is 18.2 Å². The Labute approximate surface area is 160 Å². The fourth-order valence-corrected chi connectivity index (χ4v) is 2.81. The van der Waals surface area contributed by atoms with E-state index < -0.39 is 22.7 Å². The van der Waals surface area contributed by atoms with Crippen LogP contribution < -0.4 is 14.2 Å². The summed E-state index contributed by atoms with van der Waals surface area (Å²) in [6.45, 7) is -0.248. The van der Waals surface area contributed by atoms with Gasteiger partial charge in [0, 0.05) is 35.2 Å². The molecule has 2 heterocycles. The molecule has 0 N–H and O–H groups in total. The molecule has 1 aromatic carbocycles. The number of rotatable bonds is 6. The van der Waals surface area contributed by atoms with E-state index in [9.17, 15) is 22.0 Å². The van der Waals surface area contributed by atoms with Crippen molar-refractivity contribution in [3.8, 4) is 23.3 Å². The molecule has 0 aliphatic rings. The van der Waals surface area contributed by atoms with Gasteiger partial charge in [0.2, 0.25) is 11.8 Å². The smallest absolute Gasteiger partial charge is 0.425 e. The molecule has 0 unspecified atom stereocenters. The van der Waals surface area contributed by atoms with Gasteiger partial charge in [0.05, 0.1) is 7.11 Å². The number of ether oxygens (including phenoxy) is 3. The van der Waals surface area contributed by atoms with Crippen molar-refractivity contribution in [1.29, 1.82) is 0 Å². The maximum absolute atomic E-state index is 13.7. The molecule has 3 rings (SSSR count). The van der Waals surface area contributed by atoms with E-state index in [1.807, 2.05) is 0 Å². The van der Waals surface area contributed by atoms with Crippen LogP contribution in [0.4, 0.5) is 22.0 Å². The molecule has 0 fully saturated rings. The maximum Gasteiger partial charge on any atom is 0.425 e. The number of halogens is 5. The Morgan fingerprint density at radius 3 is 2.39 bits per heavy atom. The lowest BCUT2D eigenvalue weighted by atomic mass is 10.2. The van der Waals surface area contributed by atoms with Crippen LogP contribution in [0.25, 0.3) is 0 Å². The van der Waals surface area contributed by atoms with Gasteiger partial charge in [-0.15, -0.1) is 11.3 Å². The van der Waals surface area contributed by atoms with Gasteiger partial charge in [-0.05, 0) is 12.1 Å². The molecular formula is C18H12F5NO3S. The van der Waals surface area contributed by atoms with Crippen LogP contribution in [-0.2, 0) is 12.8 Å². The summed E-state index contributed by atoms with van der Waals surface area (Å²) in [6.07, 6.45) is -4.47. The predicted octanol–water partition coefficient (Wildman–Crippen LogP) is 5.82. The average molecular weight is 417 g/mol. The van der Waals surface area contributed by atoms with E-state index in [2.05, 4.69) is 4.98 Å². The number of nitrogens with zero attached hydrogens (tertiary/aromatic N) is 1. The molecule has 0 saturated heterocycles. The third-order valence-corrected chi connectivity index (χ3v) is 4.41. The molecular weight excluding hydrogens is 405 g/mol. The normalized spacial score (nSPS) is 11.4. The molecule has 4 nitrogen and oxygen atoms in total. The van der Waals surface area contributed by atoms with E-state index in [1.165, 1.54) is 30.7 Å². The summed E-state index contributed by atoms with van der Waals surface area (Å²) in [4.78, 5) is 3.20. The van der Waals surface area contributed by atoms with E-state index in [4.69, 9.17) is 14.2 Å². The van der Waals surface area contributed by atoms with Gasteiger partial charge in [-0.2, -0.15) is 18.2 Å².